The van der Waals surface area contributed by atoms with E-state index < -0.39 is 48.2 Å². The van der Waals surface area contributed by atoms with E-state index in [1.54, 1.807) is 16.5 Å². The first-order valence-electron chi connectivity index (χ1n) is 30.9. The number of unbranched alkanes of at least 4 members (excludes halogenated alkanes) is 5. The summed E-state index contributed by atoms with van der Waals surface area (Å²) in [6.07, 6.45) is 10.9. The monoisotopic (exact) mass is 1170 g/mol. The minimum atomic E-state index is -0.927. The molecule has 18 heteroatoms. The van der Waals surface area contributed by atoms with Crippen molar-refractivity contribution in [2.75, 3.05) is 37.9 Å². The molecular weight excluding hydrogens is 1090 g/mol. The number of rotatable bonds is 30. The van der Waals surface area contributed by atoms with Gasteiger partial charge in [-0.1, -0.05) is 123 Å². The topological polar surface area (TPSA) is 232 Å². The number of nitrogens with one attached hydrogen (secondary N) is 3. The number of piperidine rings is 1. The van der Waals surface area contributed by atoms with E-state index in [2.05, 4.69) is 52.3 Å². The van der Waals surface area contributed by atoms with Crippen molar-refractivity contribution in [2.45, 2.75) is 159 Å². The largest absolute Gasteiger partial charge is 0.449 e. The van der Waals surface area contributed by atoms with Crippen molar-refractivity contribution in [3.05, 3.63) is 159 Å². The molecule has 0 bridgehead atoms. The molecule has 5 aromatic carbocycles. The number of amides is 6. The Labute approximate surface area is 502 Å². The maximum Gasteiger partial charge on any atom is 0.407 e. The molecule has 0 radical (unpaired) electrons. The van der Waals surface area contributed by atoms with Gasteiger partial charge in [-0.05, 0) is 133 Å². The third-order valence-electron chi connectivity index (χ3n) is 17.5. The number of hydrogen-bond donors (Lipinski definition) is 4. The smallest absolute Gasteiger partial charge is 0.407 e. The summed E-state index contributed by atoms with van der Waals surface area (Å²) >= 11 is 0. The maximum absolute atomic E-state index is 14.6. The van der Waals surface area contributed by atoms with Crippen molar-refractivity contribution in [3.8, 4) is 11.1 Å². The van der Waals surface area contributed by atoms with Crippen molar-refractivity contribution in [1.29, 1.82) is 0 Å². The van der Waals surface area contributed by atoms with Gasteiger partial charge in [-0.25, -0.2) is 9.59 Å². The highest BCUT2D eigenvalue weighted by molar-refractivity contribution is 6.07. The summed E-state index contributed by atoms with van der Waals surface area (Å²) in [4.78, 5) is 93.4. The van der Waals surface area contributed by atoms with Gasteiger partial charge in [0.05, 0.1) is 35.5 Å². The number of ether oxygens (including phenoxy) is 4. The molecule has 6 aromatic rings. The lowest BCUT2D eigenvalue weighted by Crippen LogP contribution is -2.56. The average Bonchev–Trinajstić information content (AvgIpc) is 1.76. The molecule has 454 valence electrons. The number of alkyl carbamates (subject to hydrolysis) is 1. The van der Waals surface area contributed by atoms with Gasteiger partial charge in [0.15, 0.2) is 0 Å². The second-order valence-electron chi connectivity index (χ2n) is 23.4. The summed E-state index contributed by atoms with van der Waals surface area (Å²) < 4.78 is 27.2. The number of fused-ring (bicyclic) bond motifs is 4. The van der Waals surface area contributed by atoms with Crippen LogP contribution in [0.2, 0.25) is 0 Å². The summed E-state index contributed by atoms with van der Waals surface area (Å²) in [5.41, 5.74) is 17.0. The molecule has 5 N–H and O–H groups in total. The van der Waals surface area contributed by atoms with Crippen LogP contribution in [0.1, 0.15) is 141 Å². The summed E-state index contributed by atoms with van der Waals surface area (Å²) in [5.74, 6) is -2.14. The zero-order valence-electron chi connectivity index (χ0n) is 49.5. The van der Waals surface area contributed by atoms with Crippen LogP contribution in [0.3, 0.4) is 0 Å². The Kier molecular flexibility index (Phi) is 20.6. The lowest BCUT2D eigenvalue weighted by molar-refractivity contribution is -0.135. The van der Waals surface area contributed by atoms with Crippen LogP contribution < -0.4 is 32.3 Å². The van der Waals surface area contributed by atoms with Gasteiger partial charge in [-0.3, -0.25) is 43.3 Å². The van der Waals surface area contributed by atoms with Gasteiger partial charge in [-0.2, -0.15) is 0 Å². The number of aromatic nitrogens is 2. The lowest BCUT2D eigenvalue weighted by Gasteiger charge is -2.31. The molecule has 10 rings (SSSR count). The molecule has 3 aliphatic heterocycles. The number of carbonyl (C=O) groups excluding carboxylic acids is 6. The number of primary amides is 1. The van der Waals surface area contributed by atoms with Crippen molar-refractivity contribution in [2.24, 2.45) is 12.8 Å². The number of imide groups is 1. The Bertz CT molecular complexity index is 3420. The number of hydrogen-bond acceptors (Lipinski definition) is 11. The standard InChI is InChI=1S/C68H81N7O11/c1-44(55(31-34-61(69)76)70-65(79)60-41-49-19-13-18-48-29-30-56(66(80)75(60)63(48)49)71-67(81)86-43-54-52-22-9-7-20-50(52)51-21-8-10-23-53(51)54)85-42-47-26-24-45(25-27-47)16-14-38-83-36-11-5-3-4-6-12-37-84-39-15-17-46-28-32-57-59(40-46)73(2)68(82)74(57)58-33-35-62(77)72-64(58)78/h7-10,13,18-28,32,40,44,54-56,58,60H,3-6,11-12,14-17,29-31,33-39,41-43H2,1-2H3,(H2,69,76)(H,70,79)(H,71,81)(H,72,77,78)/t44-,55+,56+,58?,60+/m1/s1. The molecule has 6 amide bonds. The minimum absolute atomic E-state index is 0.0330. The van der Waals surface area contributed by atoms with Crippen LogP contribution in [0, 0.1) is 0 Å². The molecule has 1 aromatic heterocycles. The fraction of sp³-hybridized carbons (Fsp3) is 0.456. The van der Waals surface area contributed by atoms with Crippen LogP contribution in [0.4, 0.5) is 10.5 Å². The fourth-order valence-electron chi connectivity index (χ4n) is 12.8. The number of nitrogens with zero attached hydrogens (tertiary/aromatic N) is 3. The Hall–Kier alpha value is -7.93. The van der Waals surface area contributed by atoms with Crippen LogP contribution in [-0.2, 0) is 82.3 Å². The Morgan fingerprint density at radius 3 is 2.01 bits per heavy atom. The van der Waals surface area contributed by atoms with E-state index in [-0.39, 0.29) is 61.8 Å². The van der Waals surface area contributed by atoms with Gasteiger partial charge in [0.25, 0.3) is 0 Å². The Morgan fingerprint density at radius 1 is 0.698 bits per heavy atom. The predicted octanol–water partition coefficient (Wildman–Crippen LogP) is 8.72. The molecule has 1 fully saturated rings. The fourth-order valence-corrected chi connectivity index (χ4v) is 12.8. The molecule has 86 heavy (non-hydrogen) atoms. The van der Waals surface area contributed by atoms with Gasteiger partial charge in [0.1, 0.15) is 24.7 Å². The number of imidazole rings is 1. The molecule has 4 aliphatic rings. The van der Waals surface area contributed by atoms with Crippen molar-refractivity contribution >= 4 is 52.3 Å². The van der Waals surface area contributed by atoms with Crippen LogP contribution in [-0.4, -0.2) is 102 Å². The highest BCUT2D eigenvalue weighted by atomic mass is 16.5. The summed E-state index contributed by atoms with van der Waals surface area (Å²) in [6, 6.07) is 33.1. The zero-order valence-corrected chi connectivity index (χ0v) is 49.5. The number of benzene rings is 5. The third-order valence-corrected chi connectivity index (χ3v) is 17.5. The van der Waals surface area contributed by atoms with Crippen LogP contribution in [0.15, 0.2) is 114 Å². The molecule has 0 saturated carbocycles. The van der Waals surface area contributed by atoms with Crippen molar-refractivity contribution in [3.63, 3.8) is 0 Å². The minimum Gasteiger partial charge on any atom is -0.449 e. The second-order valence-corrected chi connectivity index (χ2v) is 23.4. The van der Waals surface area contributed by atoms with Gasteiger partial charge in [-0.15, -0.1) is 0 Å². The van der Waals surface area contributed by atoms with E-state index in [1.165, 1.54) is 23.0 Å². The van der Waals surface area contributed by atoms with E-state index in [0.29, 0.717) is 50.1 Å². The second kappa shape index (κ2) is 29.0. The molecule has 4 heterocycles. The average molecular weight is 1170 g/mol. The molecule has 18 nitrogen and oxygen atoms in total. The SMILES string of the molecule is C[C@@H](OCc1ccc(CCCOCCCCCCCCOCCCc2ccc3c(c2)n(C)c(=O)n3C2CCC(=O)NC2=O)cc1)[C@H](CCC(N)=O)NC(=O)[C@@H]1Cc2cccc3c2N1C(=O)[C@@H](NC(=O)OCC1c2ccccc2-c2ccccc21)CC3. The van der Waals surface area contributed by atoms with Gasteiger partial charge >= 0.3 is 11.8 Å². The summed E-state index contributed by atoms with van der Waals surface area (Å²) in [5, 5.41) is 8.35. The Morgan fingerprint density at radius 2 is 1.33 bits per heavy atom. The molecule has 1 aliphatic carbocycles. The number of anilines is 1. The molecule has 1 unspecified atom stereocenters. The van der Waals surface area contributed by atoms with Gasteiger partial charge in [0, 0.05) is 58.7 Å². The number of nitrogens with two attached hydrogens (primary N) is 1. The molecule has 0 spiro atoms. The number of aryl methyl sites for hydroxylation is 4. The zero-order chi connectivity index (χ0) is 60.1. The summed E-state index contributed by atoms with van der Waals surface area (Å²) in [7, 11) is 1.71. The highest BCUT2D eigenvalue weighted by Gasteiger charge is 2.45. The number of para-hydroxylation sites is 1. The van der Waals surface area contributed by atoms with Crippen LogP contribution in [0.5, 0.6) is 0 Å². The van der Waals surface area contributed by atoms with Gasteiger partial charge < -0.3 is 35.3 Å². The van der Waals surface area contributed by atoms with E-state index in [1.807, 2.05) is 79.7 Å². The first kappa shape index (κ1) is 61.2. The predicted molar refractivity (Wildman–Crippen MR) is 327 cm³/mol. The first-order chi connectivity index (χ1) is 41.8. The normalized spacial score (nSPS) is 17.8. The van der Waals surface area contributed by atoms with Crippen molar-refractivity contribution in [1.82, 2.24) is 25.1 Å². The van der Waals surface area contributed by atoms with E-state index in [0.717, 1.165) is 115 Å². The maximum atomic E-state index is 14.6. The van der Waals surface area contributed by atoms with Gasteiger partial charge in [0.2, 0.25) is 29.5 Å². The highest BCUT2D eigenvalue weighted by Crippen LogP contribution is 2.45. The molecule has 5 atom stereocenters. The third kappa shape index (κ3) is 14.6. The quantitative estimate of drug-likeness (QED) is 0.0246. The first-order valence-corrected chi connectivity index (χ1v) is 30.9. The molecule has 1 saturated heterocycles. The summed E-state index contributed by atoms with van der Waals surface area (Å²) in [6.45, 7) is 5.11. The van der Waals surface area contributed by atoms with E-state index in [4.69, 9.17) is 24.7 Å². The van der Waals surface area contributed by atoms with Crippen molar-refractivity contribution < 1.29 is 47.7 Å². The lowest BCUT2D eigenvalue weighted by atomic mass is 9.98. The Balaban J connectivity index is 0.594. The number of carbonyl (C=O) groups is 6. The van der Waals surface area contributed by atoms with Crippen LogP contribution in [0.25, 0.3) is 22.2 Å². The van der Waals surface area contributed by atoms with E-state index in [9.17, 15) is 33.6 Å². The molecular formula is C68H81N7O11. The van der Waals surface area contributed by atoms with Crippen LogP contribution >= 0.6 is 0 Å². The van der Waals surface area contributed by atoms with E-state index >= 15 is 0 Å².